The number of carbonyl (C=O) groups is 1. The molecule has 2 radical (unpaired) electrons. The van der Waals surface area contributed by atoms with Crippen molar-refractivity contribution in [2.75, 3.05) is 13.7 Å². The number of fused-ring (bicyclic) bond motifs is 4. The predicted octanol–water partition coefficient (Wildman–Crippen LogP) is 2.61. The molecule has 31 heavy (non-hydrogen) atoms. The normalized spacial score (nSPS) is 15.9. The van der Waals surface area contributed by atoms with E-state index in [0.29, 0.717) is 28.8 Å². The minimum Gasteiger partial charge on any atom is -0.373 e. The summed E-state index contributed by atoms with van der Waals surface area (Å²) in [4.78, 5) is 37.8. The number of H-pyrrole nitrogens is 2. The Labute approximate surface area is 187 Å². The summed E-state index contributed by atoms with van der Waals surface area (Å²) in [6.07, 6.45) is 3.37. The van der Waals surface area contributed by atoms with Gasteiger partial charge in [0.05, 0.1) is 31.0 Å². The largest absolute Gasteiger partial charge is 0.373 e. The van der Waals surface area contributed by atoms with Crippen LogP contribution < -0.4 is 11.0 Å². The van der Waals surface area contributed by atoms with E-state index in [1.54, 1.807) is 36.5 Å². The molecule has 9 heteroatoms. The van der Waals surface area contributed by atoms with Gasteiger partial charge < -0.3 is 19.6 Å². The summed E-state index contributed by atoms with van der Waals surface area (Å²) in [5.74, 6) is -0.191. The number of nitrogens with one attached hydrogen (secondary N) is 2. The van der Waals surface area contributed by atoms with Gasteiger partial charge in [0.1, 0.15) is 13.5 Å². The summed E-state index contributed by atoms with van der Waals surface area (Å²) in [5, 5.41) is 2.18. The third kappa shape index (κ3) is 3.19. The van der Waals surface area contributed by atoms with Gasteiger partial charge in [-0.1, -0.05) is 17.1 Å². The summed E-state index contributed by atoms with van der Waals surface area (Å²) in [7, 11) is 7.89. The summed E-state index contributed by atoms with van der Waals surface area (Å²) in [5.41, 5.74) is 3.99. The van der Waals surface area contributed by atoms with E-state index in [0.717, 1.165) is 31.9 Å². The first kappa shape index (κ1) is 20.0. The Balaban J connectivity index is 1.62. The number of halogens is 1. The van der Waals surface area contributed by atoms with Gasteiger partial charge in [0.2, 0.25) is 0 Å². The Morgan fingerprint density at radius 1 is 1.23 bits per heavy atom. The third-order valence-electron chi connectivity index (χ3n) is 5.90. The second-order valence-electron chi connectivity index (χ2n) is 7.81. The standard InChI is InChI=1S/C22H18BBrN4O3/c1-10-3-12-11(4-14(10)23)20-18(27-21(12)29)8-31-9-19(20)28(2)22(30)16-5-13-15(24)6-25-7-17(13)26-16/h3-7,19,26H,8-9H2,1-2H3,(H,27,29). The van der Waals surface area contributed by atoms with E-state index in [4.69, 9.17) is 12.6 Å². The molecule has 2 N–H and O–H groups in total. The number of rotatable bonds is 2. The highest BCUT2D eigenvalue weighted by Crippen LogP contribution is 2.34. The highest BCUT2D eigenvalue weighted by Gasteiger charge is 2.31. The van der Waals surface area contributed by atoms with Crippen LogP contribution in [0.15, 0.2) is 39.9 Å². The molecule has 1 aromatic carbocycles. The van der Waals surface area contributed by atoms with Crippen molar-refractivity contribution in [3.8, 4) is 0 Å². The smallest absolute Gasteiger partial charge is 0.270 e. The van der Waals surface area contributed by atoms with E-state index in [1.165, 1.54) is 0 Å². The monoisotopic (exact) mass is 476 g/mol. The highest BCUT2D eigenvalue weighted by atomic mass is 79.9. The van der Waals surface area contributed by atoms with E-state index < -0.39 is 0 Å². The predicted molar refractivity (Wildman–Crippen MR) is 123 cm³/mol. The summed E-state index contributed by atoms with van der Waals surface area (Å²) < 4.78 is 6.54. The first-order valence-electron chi connectivity index (χ1n) is 9.77. The van der Waals surface area contributed by atoms with Crippen LogP contribution in [-0.4, -0.2) is 47.3 Å². The van der Waals surface area contributed by atoms with Gasteiger partial charge in [0.25, 0.3) is 11.5 Å². The minimum absolute atomic E-state index is 0.191. The molecule has 0 saturated carbocycles. The average Bonchev–Trinajstić information content (AvgIpc) is 3.19. The van der Waals surface area contributed by atoms with Crippen molar-refractivity contribution in [2.24, 2.45) is 0 Å². The lowest BCUT2D eigenvalue weighted by Crippen LogP contribution is -2.38. The van der Waals surface area contributed by atoms with Crippen molar-refractivity contribution in [2.45, 2.75) is 19.6 Å². The molecule has 4 heterocycles. The molecule has 7 nitrogen and oxygen atoms in total. The van der Waals surface area contributed by atoms with Crippen molar-refractivity contribution in [3.63, 3.8) is 0 Å². The number of ether oxygens (including phenoxy) is 1. The second-order valence-corrected chi connectivity index (χ2v) is 8.67. The van der Waals surface area contributed by atoms with Crippen LogP contribution >= 0.6 is 15.9 Å². The van der Waals surface area contributed by atoms with E-state index in [1.807, 2.05) is 13.0 Å². The number of nitrogens with zero attached hydrogens (tertiary/aromatic N) is 2. The van der Waals surface area contributed by atoms with Crippen LogP contribution in [0.5, 0.6) is 0 Å². The molecular weight excluding hydrogens is 459 g/mol. The minimum atomic E-state index is -0.384. The number of benzene rings is 1. The lowest BCUT2D eigenvalue weighted by atomic mass is 9.86. The lowest BCUT2D eigenvalue weighted by Gasteiger charge is -2.33. The van der Waals surface area contributed by atoms with Crippen molar-refractivity contribution in [3.05, 3.63) is 67.9 Å². The van der Waals surface area contributed by atoms with Crippen molar-refractivity contribution in [1.29, 1.82) is 0 Å². The summed E-state index contributed by atoms with van der Waals surface area (Å²) in [6, 6.07) is 5.03. The number of pyridine rings is 2. The number of carbonyl (C=O) groups excluding carboxylic acids is 1. The number of likely N-dealkylation sites (N-methyl/N-ethyl adjacent to an activating group) is 1. The summed E-state index contributed by atoms with van der Waals surface area (Å²) >= 11 is 3.47. The van der Waals surface area contributed by atoms with E-state index >= 15 is 0 Å². The van der Waals surface area contributed by atoms with Gasteiger partial charge in [-0.3, -0.25) is 14.6 Å². The van der Waals surface area contributed by atoms with Gasteiger partial charge in [-0.2, -0.15) is 0 Å². The number of aromatic nitrogens is 3. The maximum absolute atomic E-state index is 13.4. The topological polar surface area (TPSA) is 91.1 Å². The Bertz CT molecular complexity index is 1430. The second kappa shape index (κ2) is 7.35. The molecule has 1 amide bonds. The maximum Gasteiger partial charge on any atom is 0.270 e. The molecule has 0 aliphatic carbocycles. The van der Waals surface area contributed by atoms with Gasteiger partial charge in [-0.15, -0.1) is 0 Å². The average molecular weight is 477 g/mol. The van der Waals surface area contributed by atoms with Crippen LogP contribution in [0.3, 0.4) is 0 Å². The molecule has 1 unspecified atom stereocenters. The van der Waals surface area contributed by atoms with Crippen LogP contribution in [0.2, 0.25) is 0 Å². The van der Waals surface area contributed by atoms with Gasteiger partial charge >= 0.3 is 0 Å². The number of hydrogen-bond donors (Lipinski definition) is 2. The van der Waals surface area contributed by atoms with Gasteiger partial charge in [0.15, 0.2) is 0 Å². The maximum atomic E-state index is 13.4. The van der Waals surface area contributed by atoms with Crippen LogP contribution in [0.25, 0.3) is 21.7 Å². The number of hydrogen-bond acceptors (Lipinski definition) is 4. The lowest BCUT2D eigenvalue weighted by molar-refractivity contribution is 0.0333. The third-order valence-corrected chi connectivity index (χ3v) is 6.53. The highest BCUT2D eigenvalue weighted by molar-refractivity contribution is 9.10. The molecule has 1 atom stereocenters. The van der Waals surface area contributed by atoms with Crippen LogP contribution in [0, 0.1) is 6.92 Å². The molecule has 0 saturated heterocycles. The van der Waals surface area contributed by atoms with Gasteiger partial charge in [0, 0.05) is 39.7 Å². The zero-order valence-corrected chi connectivity index (χ0v) is 18.5. The Morgan fingerprint density at radius 3 is 2.81 bits per heavy atom. The first-order chi connectivity index (χ1) is 14.8. The Kier molecular flexibility index (Phi) is 4.75. The Hall–Kier alpha value is -2.91. The van der Waals surface area contributed by atoms with E-state index in [9.17, 15) is 9.59 Å². The Morgan fingerprint density at radius 2 is 2.03 bits per heavy atom. The van der Waals surface area contributed by atoms with Gasteiger partial charge in [-0.25, -0.2) is 0 Å². The molecule has 3 aromatic heterocycles. The number of aromatic amines is 2. The van der Waals surface area contributed by atoms with Gasteiger partial charge in [-0.05, 0) is 40.4 Å². The summed E-state index contributed by atoms with van der Waals surface area (Å²) in [6.45, 7) is 2.46. The molecule has 154 valence electrons. The molecule has 5 rings (SSSR count). The van der Waals surface area contributed by atoms with Crippen LogP contribution in [0.1, 0.15) is 33.4 Å². The molecule has 0 bridgehead atoms. The fourth-order valence-electron chi connectivity index (χ4n) is 4.19. The van der Waals surface area contributed by atoms with Crippen molar-refractivity contribution < 1.29 is 9.53 Å². The van der Waals surface area contributed by atoms with Crippen molar-refractivity contribution >= 4 is 56.8 Å². The molecular formula is C22H18BBrN4O3. The molecule has 0 spiro atoms. The molecule has 1 aliphatic heterocycles. The molecule has 1 aliphatic rings. The van der Waals surface area contributed by atoms with Crippen LogP contribution in [-0.2, 0) is 11.3 Å². The van der Waals surface area contributed by atoms with E-state index in [2.05, 4.69) is 30.9 Å². The zero-order valence-electron chi connectivity index (χ0n) is 17.0. The molecule has 4 aromatic rings. The fraction of sp³-hybridized carbons (Fsp3) is 0.227. The number of amides is 1. The SMILES string of the molecule is [B]c1cc2c3c([nH]c(=O)c2cc1C)COCC3N(C)C(=O)c1cc2c(Br)cncc2[nH]1. The zero-order chi connectivity index (χ0) is 21.9. The first-order valence-corrected chi connectivity index (χ1v) is 10.6. The fourth-order valence-corrected chi connectivity index (χ4v) is 4.64. The van der Waals surface area contributed by atoms with Crippen LogP contribution in [0.4, 0.5) is 0 Å². The molecule has 0 fully saturated rings. The van der Waals surface area contributed by atoms with Crippen molar-refractivity contribution in [1.82, 2.24) is 19.9 Å². The number of aryl methyl sites for hydroxylation is 1. The van der Waals surface area contributed by atoms with E-state index in [-0.39, 0.29) is 24.1 Å². The quantitative estimate of drug-likeness (QED) is 0.435.